The second kappa shape index (κ2) is 8.71. The smallest absolute Gasteiger partial charge is 0.246 e. The van der Waals surface area contributed by atoms with E-state index >= 15 is 0 Å². The van der Waals surface area contributed by atoms with Crippen LogP contribution in [0.2, 0.25) is 0 Å². The van der Waals surface area contributed by atoms with Gasteiger partial charge in [-0.1, -0.05) is 13.0 Å². The highest BCUT2D eigenvalue weighted by Crippen LogP contribution is 2.28. The molecular formula is C20H29N3O5S. The zero-order valence-corrected chi connectivity index (χ0v) is 17.8. The predicted octanol–water partition coefficient (Wildman–Crippen LogP) is 1.18. The van der Waals surface area contributed by atoms with Crippen LogP contribution in [-0.2, 0) is 19.6 Å². The van der Waals surface area contributed by atoms with Crippen LogP contribution in [0.1, 0.15) is 31.7 Å². The first-order chi connectivity index (χ1) is 13.7. The van der Waals surface area contributed by atoms with Crippen molar-refractivity contribution in [1.29, 1.82) is 0 Å². The first-order valence-electron chi connectivity index (χ1n) is 10.1. The number of phenolic OH excluding ortho intramolecular Hbond substituents is 1. The molecule has 0 saturated carbocycles. The number of piperazine rings is 1. The molecule has 2 fully saturated rings. The van der Waals surface area contributed by atoms with Crippen LogP contribution in [0, 0.1) is 12.8 Å². The summed E-state index contributed by atoms with van der Waals surface area (Å²) < 4.78 is 27.1. The Kier molecular flexibility index (Phi) is 6.48. The number of aromatic hydroxyl groups is 1. The molecule has 2 heterocycles. The molecule has 8 nitrogen and oxygen atoms in total. The van der Waals surface area contributed by atoms with Crippen molar-refractivity contribution in [2.75, 3.05) is 39.3 Å². The van der Waals surface area contributed by atoms with Gasteiger partial charge in [-0.25, -0.2) is 8.42 Å². The van der Waals surface area contributed by atoms with Gasteiger partial charge in [0.2, 0.25) is 21.8 Å². The third-order valence-corrected chi connectivity index (χ3v) is 7.64. The second-order valence-electron chi connectivity index (χ2n) is 7.73. The number of hydrogen-bond acceptors (Lipinski definition) is 5. The molecule has 0 aliphatic carbocycles. The van der Waals surface area contributed by atoms with E-state index in [4.69, 9.17) is 0 Å². The molecular weight excluding hydrogens is 394 g/mol. The Balaban J connectivity index is 1.63. The van der Waals surface area contributed by atoms with Crippen LogP contribution in [0.5, 0.6) is 5.75 Å². The summed E-state index contributed by atoms with van der Waals surface area (Å²) in [6, 6.07) is 4.50. The second-order valence-corrected chi connectivity index (χ2v) is 9.64. The van der Waals surface area contributed by atoms with E-state index in [9.17, 15) is 23.1 Å². The number of phenols is 1. The Labute approximate surface area is 172 Å². The van der Waals surface area contributed by atoms with Crippen LogP contribution in [0.25, 0.3) is 0 Å². The molecule has 0 bridgehead atoms. The van der Waals surface area contributed by atoms with Gasteiger partial charge >= 0.3 is 0 Å². The SMILES string of the molecule is CCC(=O)N1CCCC(C(=O)N2CCN(S(=O)(=O)c3cc(C)ccc3O)CC2)C1. The fourth-order valence-corrected chi connectivity index (χ4v) is 5.59. The average Bonchev–Trinajstić information content (AvgIpc) is 2.74. The molecule has 29 heavy (non-hydrogen) atoms. The number of amides is 2. The molecule has 1 N–H and O–H groups in total. The summed E-state index contributed by atoms with van der Waals surface area (Å²) in [6.45, 7) is 5.72. The molecule has 1 atom stereocenters. The molecule has 0 aromatic heterocycles. The predicted molar refractivity (Wildman–Crippen MR) is 108 cm³/mol. The highest BCUT2D eigenvalue weighted by atomic mass is 32.2. The molecule has 9 heteroatoms. The van der Waals surface area contributed by atoms with E-state index in [2.05, 4.69) is 0 Å². The minimum absolute atomic E-state index is 0.00551. The van der Waals surface area contributed by atoms with E-state index in [-0.39, 0.29) is 41.5 Å². The maximum Gasteiger partial charge on any atom is 0.246 e. The molecule has 0 radical (unpaired) electrons. The monoisotopic (exact) mass is 423 g/mol. The average molecular weight is 424 g/mol. The normalized spacial score (nSPS) is 21.2. The van der Waals surface area contributed by atoms with Gasteiger partial charge in [-0.3, -0.25) is 9.59 Å². The number of carbonyl (C=O) groups excluding carboxylic acids is 2. The van der Waals surface area contributed by atoms with Crippen LogP contribution in [-0.4, -0.2) is 78.7 Å². The van der Waals surface area contributed by atoms with E-state index < -0.39 is 10.0 Å². The lowest BCUT2D eigenvalue weighted by Gasteiger charge is -2.38. The van der Waals surface area contributed by atoms with Gasteiger partial charge in [-0.2, -0.15) is 4.31 Å². The van der Waals surface area contributed by atoms with Gasteiger partial charge < -0.3 is 14.9 Å². The lowest BCUT2D eigenvalue weighted by Crippen LogP contribution is -2.54. The van der Waals surface area contributed by atoms with Crippen molar-refractivity contribution < 1.29 is 23.1 Å². The summed E-state index contributed by atoms with van der Waals surface area (Å²) in [5, 5.41) is 10.00. The lowest BCUT2D eigenvalue weighted by molar-refractivity contribution is -0.141. The Morgan fingerprint density at radius 3 is 2.45 bits per heavy atom. The van der Waals surface area contributed by atoms with Crippen LogP contribution < -0.4 is 0 Å². The first-order valence-corrected chi connectivity index (χ1v) is 11.5. The molecule has 160 valence electrons. The number of benzene rings is 1. The largest absolute Gasteiger partial charge is 0.507 e. The summed E-state index contributed by atoms with van der Waals surface area (Å²) in [5.41, 5.74) is 0.749. The van der Waals surface area contributed by atoms with Crippen molar-refractivity contribution >= 4 is 21.8 Å². The number of aryl methyl sites for hydroxylation is 1. The van der Waals surface area contributed by atoms with Crippen LogP contribution >= 0.6 is 0 Å². The molecule has 2 saturated heterocycles. The maximum atomic E-state index is 12.9. The standard InChI is InChI=1S/C20H29N3O5S/c1-3-19(25)22-8-4-5-16(14-22)20(26)21-9-11-23(12-10-21)29(27,28)18-13-15(2)6-7-17(18)24/h6-7,13,16,24H,3-5,8-12,14H2,1-2H3. The third kappa shape index (κ3) is 4.56. The molecule has 2 aliphatic heterocycles. The Hall–Kier alpha value is -2.13. The summed E-state index contributed by atoms with van der Waals surface area (Å²) in [6.07, 6.45) is 1.99. The zero-order chi connectivity index (χ0) is 21.2. The summed E-state index contributed by atoms with van der Waals surface area (Å²) >= 11 is 0. The molecule has 3 rings (SSSR count). The molecule has 1 aromatic carbocycles. The summed E-state index contributed by atoms with van der Waals surface area (Å²) in [5.74, 6) is -0.425. The first kappa shape index (κ1) is 21.6. The van der Waals surface area contributed by atoms with Gasteiger partial charge in [0.25, 0.3) is 0 Å². The molecule has 2 aliphatic rings. The van der Waals surface area contributed by atoms with Crippen molar-refractivity contribution in [3.63, 3.8) is 0 Å². The minimum Gasteiger partial charge on any atom is -0.507 e. The topological polar surface area (TPSA) is 98.2 Å². The van der Waals surface area contributed by atoms with E-state index in [1.54, 1.807) is 22.8 Å². The highest BCUT2D eigenvalue weighted by molar-refractivity contribution is 7.89. The van der Waals surface area contributed by atoms with Gasteiger partial charge in [0.15, 0.2) is 0 Å². The lowest BCUT2D eigenvalue weighted by atomic mass is 9.96. The quantitative estimate of drug-likeness (QED) is 0.784. The van der Waals surface area contributed by atoms with Gasteiger partial charge in [-0.15, -0.1) is 0 Å². The van der Waals surface area contributed by atoms with Crippen molar-refractivity contribution in [3.8, 4) is 5.75 Å². The van der Waals surface area contributed by atoms with Crippen LogP contribution in [0.3, 0.4) is 0 Å². The van der Waals surface area contributed by atoms with Gasteiger partial charge in [-0.05, 0) is 37.5 Å². The minimum atomic E-state index is -3.82. The molecule has 0 spiro atoms. The number of likely N-dealkylation sites (tertiary alicyclic amines) is 1. The van der Waals surface area contributed by atoms with Crippen molar-refractivity contribution in [2.24, 2.45) is 5.92 Å². The van der Waals surface area contributed by atoms with Crippen LogP contribution in [0.15, 0.2) is 23.1 Å². The third-order valence-electron chi connectivity index (χ3n) is 5.71. The number of piperidine rings is 1. The Morgan fingerprint density at radius 2 is 1.79 bits per heavy atom. The van der Waals surface area contributed by atoms with Gasteiger partial charge in [0.1, 0.15) is 10.6 Å². The molecule has 1 unspecified atom stereocenters. The Morgan fingerprint density at radius 1 is 1.10 bits per heavy atom. The van der Waals surface area contributed by atoms with E-state index in [0.29, 0.717) is 32.6 Å². The number of hydrogen-bond donors (Lipinski definition) is 1. The number of nitrogens with zero attached hydrogens (tertiary/aromatic N) is 3. The van der Waals surface area contributed by atoms with E-state index in [1.807, 2.05) is 6.92 Å². The number of sulfonamides is 1. The van der Waals surface area contributed by atoms with Crippen molar-refractivity contribution in [2.45, 2.75) is 38.0 Å². The van der Waals surface area contributed by atoms with Crippen LogP contribution in [0.4, 0.5) is 0 Å². The van der Waals surface area contributed by atoms with E-state index in [1.165, 1.54) is 16.4 Å². The number of carbonyl (C=O) groups is 2. The fraction of sp³-hybridized carbons (Fsp3) is 0.600. The molecule has 2 amide bonds. The maximum absolute atomic E-state index is 12.9. The summed E-state index contributed by atoms with van der Waals surface area (Å²) in [4.78, 5) is 28.2. The molecule has 1 aromatic rings. The van der Waals surface area contributed by atoms with E-state index in [0.717, 1.165) is 18.4 Å². The highest BCUT2D eigenvalue weighted by Gasteiger charge is 2.35. The Bertz CT molecular complexity index is 878. The summed E-state index contributed by atoms with van der Waals surface area (Å²) in [7, 11) is -3.82. The number of rotatable bonds is 4. The zero-order valence-electron chi connectivity index (χ0n) is 17.0. The fourth-order valence-electron chi connectivity index (χ4n) is 4.00. The van der Waals surface area contributed by atoms with Crippen molar-refractivity contribution in [3.05, 3.63) is 23.8 Å². The van der Waals surface area contributed by atoms with Crippen molar-refractivity contribution in [1.82, 2.24) is 14.1 Å². The van der Waals surface area contributed by atoms with Gasteiger partial charge in [0, 0.05) is 45.7 Å². The van der Waals surface area contributed by atoms with Gasteiger partial charge in [0.05, 0.1) is 5.92 Å².